The molecule has 39 heavy (non-hydrogen) atoms. The van der Waals surface area contributed by atoms with Crippen molar-refractivity contribution in [2.75, 3.05) is 27.4 Å². The maximum Gasteiger partial charge on any atom is 0.330 e. The summed E-state index contributed by atoms with van der Waals surface area (Å²) in [5, 5.41) is 12.2. The normalized spacial score (nSPS) is 23.2. The van der Waals surface area contributed by atoms with Crippen molar-refractivity contribution in [2.24, 2.45) is 0 Å². The molecule has 1 amide bonds. The molecule has 0 saturated carbocycles. The number of carbonyl (C=O) groups is 2. The number of nitrogens with zero attached hydrogens (tertiary/aromatic N) is 1. The first kappa shape index (κ1) is 30.8. The molecule has 1 aliphatic heterocycles. The van der Waals surface area contributed by atoms with Gasteiger partial charge in [-0.05, 0) is 24.3 Å². The molecule has 2 aromatic rings. The van der Waals surface area contributed by atoms with E-state index >= 15 is 0 Å². The monoisotopic (exact) mass is 587 g/mol. The van der Waals surface area contributed by atoms with Gasteiger partial charge in [0.25, 0.3) is 11.5 Å². The molecular weight excluding hydrogens is 557 g/mol. The van der Waals surface area contributed by atoms with E-state index in [1.807, 2.05) is 0 Å². The van der Waals surface area contributed by atoms with E-state index in [9.17, 15) is 29.2 Å². The lowest BCUT2D eigenvalue weighted by atomic mass is 10.0. The number of methoxy groups -OCH3 is 1. The van der Waals surface area contributed by atoms with Crippen molar-refractivity contribution in [3.63, 3.8) is 0 Å². The van der Waals surface area contributed by atoms with Gasteiger partial charge >= 0.3 is 18.4 Å². The molecular formula is C23H30N3O11PS. The van der Waals surface area contributed by atoms with Crippen molar-refractivity contribution >= 4 is 30.4 Å². The predicted molar refractivity (Wildman–Crippen MR) is 140 cm³/mol. The van der Waals surface area contributed by atoms with Crippen molar-refractivity contribution in [3.05, 3.63) is 68.5 Å². The van der Waals surface area contributed by atoms with Crippen LogP contribution in [0.2, 0.25) is 0 Å². The molecule has 2 heterocycles. The quantitative estimate of drug-likeness (QED) is 0.179. The van der Waals surface area contributed by atoms with E-state index in [4.69, 9.17) is 35.1 Å². The zero-order valence-corrected chi connectivity index (χ0v) is 23.1. The number of benzene rings is 1. The summed E-state index contributed by atoms with van der Waals surface area (Å²) in [6, 6.07) is 7.30. The van der Waals surface area contributed by atoms with E-state index in [1.165, 1.54) is 20.2 Å². The molecule has 1 fully saturated rings. The Kier molecular flexibility index (Phi) is 10.7. The highest BCUT2D eigenvalue weighted by molar-refractivity contribution is 8.07. The number of rotatable bonds is 13. The first-order valence-electron chi connectivity index (χ1n) is 11.7. The summed E-state index contributed by atoms with van der Waals surface area (Å²) >= 11 is 4.99. The minimum atomic E-state index is -3.93. The number of carboxylic acids is 1. The molecule has 1 saturated heterocycles. The van der Waals surface area contributed by atoms with Gasteiger partial charge in [0.15, 0.2) is 12.3 Å². The third-order valence-electron chi connectivity index (χ3n) is 5.85. The zero-order chi connectivity index (χ0) is 28.7. The largest absolute Gasteiger partial charge is 0.480 e. The Labute approximate surface area is 228 Å². The van der Waals surface area contributed by atoms with E-state index in [1.54, 1.807) is 30.3 Å². The third kappa shape index (κ3) is 7.90. The van der Waals surface area contributed by atoms with E-state index < -0.39 is 60.4 Å². The van der Waals surface area contributed by atoms with Gasteiger partial charge in [0.05, 0.1) is 13.2 Å². The topological polar surface area (TPSA) is 188 Å². The molecule has 3 rings (SSSR count). The van der Waals surface area contributed by atoms with E-state index in [-0.39, 0.29) is 25.2 Å². The summed E-state index contributed by atoms with van der Waals surface area (Å²) in [5.41, 5.74) is -0.663. The van der Waals surface area contributed by atoms with Crippen LogP contribution in [0.25, 0.3) is 0 Å². The number of hydrogen-bond donors (Lipinski definition) is 4. The summed E-state index contributed by atoms with van der Waals surface area (Å²) in [6.07, 6.45) is -4.48. The molecule has 1 aromatic heterocycles. The van der Waals surface area contributed by atoms with Crippen molar-refractivity contribution < 1.29 is 42.8 Å². The van der Waals surface area contributed by atoms with Crippen LogP contribution in [0.3, 0.4) is 0 Å². The number of H-pyrrole nitrogens is 1. The minimum absolute atomic E-state index is 0.0357. The third-order valence-corrected chi connectivity index (χ3v) is 7.53. The van der Waals surface area contributed by atoms with Crippen LogP contribution < -0.4 is 16.6 Å². The number of amides is 1. The van der Waals surface area contributed by atoms with Crippen molar-refractivity contribution in [1.29, 1.82) is 0 Å². The molecule has 14 nitrogen and oxygen atoms in total. The van der Waals surface area contributed by atoms with Crippen LogP contribution >= 0.6 is 6.72 Å². The van der Waals surface area contributed by atoms with Crippen LogP contribution in [0.1, 0.15) is 17.4 Å². The first-order valence-corrected chi connectivity index (χ1v) is 14.3. The smallest absolute Gasteiger partial charge is 0.330 e. The lowest BCUT2D eigenvalue weighted by Gasteiger charge is -2.27. The number of aryl methyl sites for hydroxylation is 1. The molecule has 0 radical (unpaired) electrons. The Morgan fingerprint density at radius 1 is 1.21 bits per heavy atom. The molecule has 0 aliphatic carbocycles. The average molecular weight is 588 g/mol. The van der Waals surface area contributed by atoms with Crippen molar-refractivity contribution in [2.45, 2.75) is 43.9 Å². The predicted octanol–water partition coefficient (Wildman–Crippen LogP) is -0.165. The number of aromatic amines is 1. The van der Waals surface area contributed by atoms with Gasteiger partial charge in [0.1, 0.15) is 18.2 Å². The van der Waals surface area contributed by atoms with Crippen LogP contribution in [0.4, 0.5) is 0 Å². The minimum Gasteiger partial charge on any atom is -0.480 e. The van der Waals surface area contributed by atoms with E-state index in [0.717, 1.165) is 11.7 Å². The highest BCUT2D eigenvalue weighted by atomic mass is 32.5. The fraction of sp³-hybridized carbons (Fsp3) is 0.478. The Bertz CT molecular complexity index is 1320. The van der Waals surface area contributed by atoms with Gasteiger partial charge in [0, 0.05) is 32.4 Å². The Hall–Kier alpha value is -2.75. The molecule has 3 unspecified atom stereocenters. The number of hydrogen-bond acceptors (Lipinski definition) is 10. The van der Waals surface area contributed by atoms with Gasteiger partial charge in [-0.2, -0.15) is 0 Å². The second-order valence-corrected chi connectivity index (χ2v) is 11.5. The van der Waals surface area contributed by atoms with E-state index in [0.29, 0.717) is 5.56 Å². The Morgan fingerprint density at radius 3 is 2.51 bits per heavy atom. The molecule has 6 atom stereocenters. The van der Waals surface area contributed by atoms with Gasteiger partial charge in [-0.15, -0.1) is 0 Å². The van der Waals surface area contributed by atoms with Crippen molar-refractivity contribution in [3.8, 4) is 0 Å². The van der Waals surface area contributed by atoms with Crippen LogP contribution in [0, 0.1) is 6.92 Å². The van der Waals surface area contributed by atoms with Crippen LogP contribution in [-0.2, 0) is 51.1 Å². The Balaban J connectivity index is 2.00. The van der Waals surface area contributed by atoms with Crippen LogP contribution in [0.15, 0.2) is 46.1 Å². The van der Waals surface area contributed by atoms with Gasteiger partial charge < -0.3 is 34.1 Å². The SMILES string of the molecule is COCCO[C@H]1C(OP(O)(=S)OC)[C@@H](C(=O)NC(Cc2ccccc2)C(=O)O)O[C@@H]1n1cc(C)c(=O)[nH]c1=O. The summed E-state index contributed by atoms with van der Waals surface area (Å²) in [7, 11) is 2.54. The number of ether oxygens (including phenoxy) is 3. The van der Waals surface area contributed by atoms with Crippen molar-refractivity contribution in [1.82, 2.24) is 14.9 Å². The van der Waals surface area contributed by atoms with Gasteiger partial charge in [-0.3, -0.25) is 23.7 Å². The van der Waals surface area contributed by atoms with Gasteiger partial charge in [0.2, 0.25) is 0 Å². The standard InChI is InChI=1S/C23H30N3O11PS/c1-13-12-26(23(31)25-19(13)27)21-18(35-10-9-33-2)16(37-38(32,39)34-3)17(36-21)20(28)24-15(22(29)30)11-14-7-5-4-6-8-14/h4-8,12,15-18,21H,9-11H2,1-3H3,(H,24,28)(H,29,30)(H,32,39)(H,25,27,31)/t15?,16?,17-,18-,21-,38?/m0/s1. The van der Waals surface area contributed by atoms with Gasteiger partial charge in [-0.25, -0.2) is 9.59 Å². The Morgan fingerprint density at radius 2 is 1.90 bits per heavy atom. The fourth-order valence-corrected chi connectivity index (χ4v) is 4.83. The number of aromatic nitrogens is 2. The first-order chi connectivity index (χ1) is 18.5. The second kappa shape index (κ2) is 13.5. The molecule has 0 bridgehead atoms. The van der Waals surface area contributed by atoms with Crippen LogP contribution in [-0.4, -0.2) is 83.2 Å². The molecule has 0 spiro atoms. The fourth-order valence-electron chi connectivity index (χ4n) is 3.91. The summed E-state index contributed by atoms with van der Waals surface area (Å²) in [6.45, 7) is -2.40. The lowest BCUT2D eigenvalue weighted by Crippen LogP contribution is -2.50. The van der Waals surface area contributed by atoms with E-state index in [2.05, 4.69) is 10.3 Å². The molecule has 214 valence electrons. The highest BCUT2D eigenvalue weighted by Crippen LogP contribution is 2.48. The summed E-state index contributed by atoms with van der Waals surface area (Å²) in [4.78, 5) is 62.6. The number of carbonyl (C=O) groups excluding carboxylic acids is 1. The number of nitrogens with one attached hydrogen (secondary N) is 2. The van der Waals surface area contributed by atoms with Crippen LogP contribution in [0.5, 0.6) is 0 Å². The van der Waals surface area contributed by atoms with Gasteiger partial charge in [-0.1, -0.05) is 30.3 Å². The number of carboxylic acid groups (broad SMARTS) is 1. The summed E-state index contributed by atoms with van der Waals surface area (Å²) in [5.74, 6) is -2.23. The zero-order valence-electron chi connectivity index (χ0n) is 21.3. The highest BCUT2D eigenvalue weighted by Gasteiger charge is 2.53. The lowest BCUT2D eigenvalue weighted by molar-refractivity contribution is -0.146. The maximum absolute atomic E-state index is 13.4. The molecule has 1 aromatic carbocycles. The average Bonchev–Trinajstić information content (AvgIpc) is 3.23. The molecule has 4 N–H and O–H groups in total. The maximum atomic E-state index is 13.4. The molecule has 1 aliphatic rings. The molecule has 16 heteroatoms. The second-order valence-electron chi connectivity index (χ2n) is 8.56. The number of aliphatic carboxylic acids is 1. The summed E-state index contributed by atoms with van der Waals surface area (Å²) < 4.78 is 28.3.